The van der Waals surface area contributed by atoms with Crippen LogP contribution < -0.4 is 4.94 Å². The summed E-state index contributed by atoms with van der Waals surface area (Å²) < 4.78 is 27.4. The van der Waals surface area contributed by atoms with E-state index < -0.39 is 11.6 Å². The van der Waals surface area contributed by atoms with Gasteiger partial charge in [0.25, 0.3) is 0 Å². The molecule has 0 saturated carbocycles. The van der Waals surface area contributed by atoms with Crippen LogP contribution in [0.25, 0.3) is 5.57 Å². The molecule has 0 aliphatic heterocycles. The van der Waals surface area contributed by atoms with Gasteiger partial charge in [0, 0.05) is 28.7 Å². The van der Waals surface area contributed by atoms with Crippen LogP contribution in [0, 0.1) is 54.3 Å². The van der Waals surface area contributed by atoms with E-state index in [0.29, 0.717) is 17.5 Å². The highest BCUT2D eigenvalue weighted by Gasteiger charge is 2.27. The van der Waals surface area contributed by atoms with Gasteiger partial charge < -0.3 is 5.11 Å². The van der Waals surface area contributed by atoms with Crippen molar-refractivity contribution in [3.8, 4) is 5.75 Å². The van der Waals surface area contributed by atoms with Gasteiger partial charge in [-0.15, -0.1) is 13.2 Å². The molecule has 2 rings (SSSR count). The van der Waals surface area contributed by atoms with E-state index in [1.54, 1.807) is 13.8 Å². The second-order valence-electron chi connectivity index (χ2n) is 8.86. The quantitative estimate of drug-likeness (QED) is 0.315. The average molecular weight is 473 g/mol. The third-order valence-electron chi connectivity index (χ3n) is 6.97. The largest absolute Gasteiger partial charge is 0.396 e. The van der Waals surface area contributed by atoms with Crippen molar-refractivity contribution in [3.05, 3.63) is 81.2 Å². The first-order valence-electron chi connectivity index (χ1n) is 11.4. The maximum atomic E-state index is 14.6. The first-order valence-corrected chi connectivity index (χ1v) is 11.4. The molecule has 0 heterocycles. The number of Topliss-reactive ketones (excluding diaryl/α,β-unsaturated/α-hetero) is 1. The Balaban J connectivity index is 0.00000281. The Hall–Kier alpha value is -2.79. The summed E-state index contributed by atoms with van der Waals surface area (Å²) in [6.07, 6.45) is 0.712. The van der Waals surface area contributed by atoms with Crippen LogP contribution in [0.4, 0.5) is 8.92 Å². The van der Waals surface area contributed by atoms with E-state index in [1.165, 1.54) is 6.92 Å². The van der Waals surface area contributed by atoms with E-state index in [4.69, 9.17) is 0 Å². The highest BCUT2D eigenvalue weighted by atomic mass is 19.3. The van der Waals surface area contributed by atoms with Gasteiger partial charge in [0.1, 0.15) is 0 Å². The predicted octanol–water partition coefficient (Wildman–Crippen LogP) is 7.82. The highest BCUT2D eigenvalue weighted by molar-refractivity contribution is 6.00. The predicted molar refractivity (Wildman–Crippen MR) is 137 cm³/mol. The van der Waals surface area contributed by atoms with Crippen LogP contribution in [0.15, 0.2) is 19.7 Å². The molecular formula is C29H38F2O3. The van der Waals surface area contributed by atoms with Crippen molar-refractivity contribution >= 4 is 11.4 Å². The highest BCUT2D eigenvalue weighted by Crippen LogP contribution is 2.38. The number of hydrogen-bond donors (Lipinski definition) is 1. The summed E-state index contributed by atoms with van der Waals surface area (Å²) in [4.78, 5) is 17.0. The van der Waals surface area contributed by atoms with Gasteiger partial charge in [0.05, 0.1) is 0 Å². The molecule has 2 aromatic rings. The third kappa shape index (κ3) is 5.30. The summed E-state index contributed by atoms with van der Waals surface area (Å²) in [7, 11) is 0. The zero-order valence-electron chi connectivity index (χ0n) is 21.8. The molecule has 1 N–H and O–H groups in total. The summed E-state index contributed by atoms with van der Waals surface area (Å²) in [5, 5.41) is 9.33. The van der Waals surface area contributed by atoms with Gasteiger partial charge in [-0.05, 0) is 111 Å². The number of benzene rings is 2. The van der Waals surface area contributed by atoms with E-state index in [2.05, 4.69) is 24.7 Å². The van der Waals surface area contributed by atoms with Crippen molar-refractivity contribution in [1.29, 1.82) is 0 Å². The standard InChI is InChI=1S/C27H34F2O3.C2H4/c1-13(10-11-30)23-15(3)17(5)24(18(6)16(23)4)14(2)12-22(31)25-19(7)20(8)27(32-29)26(28)21(25)9;1-2/h14,30H,1,10-12H2,2-9H3;1-2H2. The molecule has 5 heteroatoms. The monoisotopic (exact) mass is 472 g/mol. The lowest BCUT2D eigenvalue weighted by Gasteiger charge is -2.25. The molecule has 0 bridgehead atoms. The van der Waals surface area contributed by atoms with E-state index >= 15 is 0 Å². The van der Waals surface area contributed by atoms with Gasteiger partial charge in [0.2, 0.25) is 5.75 Å². The molecule has 0 fully saturated rings. The Kier molecular flexibility index (Phi) is 10.4. The molecular weight excluding hydrogens is 434 g/mol. The van der Waals surface area contributed by atoms with Crippen molar-refractivity contribution in [2.75, 3.05) is 6.61 Å². The first kappa shape index (κ1) is 29.2. The minimum absolute atomic E-state index is 0.0450. The minimum Gasteiger partial charge on any atom is -0.396 e. The Morgan fingerprint density at radius 1 is 0.882 bits per heavy atom. The van der Waals surface area contributed by atoms with Gasteiger partial charge in [-0.2, -0.15) is 0 Å². The third-order valence-corrected chi connectivity index (χ3v) is 6.97. The molecule has 0 radical (unpaired) electrons. The number of aliphatic hydroxyl groups is 1. The van der Waals surface area contributed by atoms with Crippen molar-refractivity contribution in [2.45, 2.75) is 74.1 Å². The smallest absolute Gasteiger partial charge is 0.210 e. The number of hydrogen-bond acceptors (Lipinski definition) is 3. The molecule has 2 aromatic carbocycles. The summed E-state index contributed by atoms with van der Waals surface area (Å²) in [5.41, 5.74) is 8.68. The fourth-order valence-electron chi connectivity index (χ4n) is 4.95. The maximum absolute atomic E-state index is 14.6. The number of carbonyl (C=O) groups excluding carboxylic acids is 1. The first-order chi connectivity index (χ1) is 15.9. The van der Waals surface area contributed by atoms with E-state index in [9.17, 15) is 18.8 Å². The van der Waals surface area contributed by atoms with Crippen LogP contribution >= 0.6 is 0 Å². The molecule has 1 unspecified atom stereocenters. The topological polar surface area (TPSA) is 46.5 Å². The Morgan fingerprint density at radius 2 is 1.35 bits per heavy atom. The Bertz CT molecular complexity index is 1040. The number of aliphatic hydroxyl groups excluding tert-OH is 1. The zero-order chi connectivity index (χ0) is 26.5. The molecule has 3 nitrogen and oxygen atoms in total. The summed E-state index contributed by atoms with van der Waals surface area (Å²) >= 11 is 0. The van der Waals surface area contributed by atoms with Gasteiger partial charge in [-0.3, -0.25) is 9.74 Å². The minimum atomic E-state index is -0.836. The van der Waals surface area contributed by atoms with Crippen molar-refractivity contribution < 1.29 is 23.8 Å². The lowest BCUT2D eigenvalue weighted by molar-refractivity contribution is -0.0117. The molecule has 0 aliphatic carbocycles. The SMILES string of the molecule is C=C.C=C(CCO)c1c(C)c(C)c(C(C)CC(=O)c2c(C)c(C)c(OF)c(F)c2C)c(C)c1C. The molecule has 0 amide bonds. The van der Waals surface area contributed by atoms with Crippen LogP contribution in [0.2, 0.25) is 0 Å². The normalized spacial score (nSPS) is 11.5. The van der Waals surface area contributed by atoms with Crippen LogP contribution in [-0.4, -0.2) is 17.5 Å². The molecule has 34 heavy (non-hydrogen) atoms. The maximum Gasteiger partial charge on any atom is 0.210 e. The van der Waals surface area contributed by atoms with Crippen molar-refractivity contribution in [3.63, 3.8) is 0 Å². The molecule has 186 valence electrons. The van der Waals surface area contributed by atoms with Crippen LogP contribution in [0.3, 0.4) is 0 Å². The van der Waals surface area contributed by atoms with Crippen LogP contribution in [0.1, 0.15) is 86.1 Å². The Morgan fingerprint density at radius 3 is 1.79 bits per heavy atom. The van der Waals surface area contributed by atoms with E-state index in [0.717, 1.165) is 39.0 Å². The summed E-state index contributed by atoms with van der Waals surface area (Å²) in [6.45, 7) is 25.1. The number of carbonyl (C=O) groups is 1. The van der Waals surface area contributed by atoms with Crippen LogP contribution in [0.5, 0.6) is 5.75 Å². The van der Waals surface area contributed by atoms with Crippen molar-refractivity contribution in [2.24, 2.45) is 0 Å². The molecule has 0 saturated heterocycles. The zero-order valence-corrected chi connectivity index (χ0v) is 21.8. The van der Waals surface area contributed by atoms with Gasteiger partial charge in [-0.25, -0.2) is 4.39 Å². The Labute approximate surface area is 203 Å². The summed E-state index contributed by atoms with van der Waals surface area (Å²) in [5.74, 6) is -1.57. The number of rotatable bonds is 8. The lowest BCUT2D eigenvalue weighted by Crippen LogP contribution is -2.14. The molecule has 1 atom stereocenters. The number of ketones is 1. The molecule has 0 spiro atoms. The van der Waals surface area contributed by atoms with Gasteiger partial charge in [0.15, 0.2) is 11.6 Å². The van der Waals surface area contributed by atoms with Gasteiger partial charge >= 0.3 is 0 Å². The van der Waals surface area contributed by atoms with Crippen LogP contribution in [-0.2, 0) is 0 Å². The second kappa shape index (κ2) is 12.1. The van der Waals surface area contributed by atoms with E-state index in [-0.39, 0.29) is 35.9 Å². The fourth-order valence-corrected chi connectivity index (χ4v) is 4.95. The summed E-state index contributed by atoms with van der Waals surface area (Å²) in [6, 6.07) is 0. The number of halogens is 2. The van der Waals surface area contributed by atoms with E-state index in [1.807, 2.05) is 34.6 Å². The average Bonchev–Trinajstić information content (AvgIpc) is 2.79. The molecule has 0 aromatic heterocycles. The molecule has 0 aliphatic rings. The second-order valence-corrected chi connectivity index (χ2v) is 8.86. The van der Waals surface area contributed by atoms with Gasteiger partial charge in [-0.1, -0.05) is 13.5 Å². The fraction of sp³-hybridized carbons (Fsp3) is 0.414. The van der Waals surface area contributed by atoms with Crippen molar-refractivity contribution in [1.82, 2.24) is 0 Å². The lowest BCUT2D eigenvalue weighted by atomic mass is 9.79.